The summed E-state index contributed by atoms with van der Waals surface area (Å²) in [6.45, 7) is 3.92. The summed E-state index contributed by atoms with van der Waals surface area (Å²) in [6, 6.07) is 5.61. The molecule has 1 heterocycles. The highest BCUT2D eigenvalue weighted by molar-refractivity contribution is 5.82. The van der Waals surface area contributed by atoms with E-state index in [1.54, 1.807) is 0 Å². The van der Waals surface area contributed by atoms with Gasteiger partial charge in [0.1, 0.15) is 12.4 Å². The number of carbonyl (C=O) groups excluding carboxylic acids is 1. The van der Waals surface area contributed by atoms with Crippen LogP contribution in [-0.4, -0.2) is 21.6 Å². The molecule has 0 radical (unpaired) electrons. The number of imidazole rings is 1. The van der Waals surface area contributed by atoms with Gasteiger partial charge in [-0.15, -0.1) is 0 Å². The minimum Gasteiger partial charge on any atom is -0.462 e. The molecule has 106 valence electrons. The molecular weight excluding hydrogens is 254 g/mol. The summed E-state index contributed by atoms with van der Waals surface area (Å²) in [4.78, 5) is 16.6. The summed E-state index contributed by atoms with van der Waals surface area (Å²) in [5.74, 6) is 1.22. The van der Waals surface area contributed by atoms with Gasteiger partial charge in [-0.2, -0.15) is 0 Å². The Labute approximate surface area is 117 Å². The first-order valence-electron chi connectivity index (χ1n) is 6.99. The van der Waals surface area contributed by atoms with Gasteiger partial charge in [0, 0.05) is 11.6 Å². The maximum atomic E-state index is 11.9. The predicted molar refractivity (Wildman–Crippen MR) is 77.3 cm³/mol. The topological polar surface area (TPSA) is 70.1 Å². The smallest absolute Gasteiger partial charge is 0.326 e. The molecule has 1 aliphatic rings. The molecule has 5 nitrogen and oxygen atoms in total. The molecule has 0 amide bonds. The SMILES string of the molecule is CC(C)OC(=O)Cn1c(C2CC2)nc2cc(N)ccc21. The molecule has 0 aliphatic heterocycles. The van der Waals surface area contributed by atoms with E-state index in [1.165, 1.54) is 0 Å². The van der Waals surface area contributed by atoms with Crippen molar-refractivity contribution in [3.05, 3.63) is 24.0 Å². The summed E-state index contributed by atoms with van der Waals surface area (Å²) in [5.41, 5.74) is 8.29. The first-order chi connectivity index (χ1) is 9.54. The van der Waals surface area contributed by atoms with Gasteiger partial charge < -0.3 is 15.0 Å². The van der Waals surface area contributed by atoms with Crippen molar-refractivity contribution in [1.82, 2.24) is 9.55 Å². The fourth-order valence-electron chi connectivity index (χ4n) is 2.41. The Morgan fingerprint density at radius 2 is 2.25 bits per heavy atom. The highest BCUT2D eigenvalue weighted by Gasteiger charge is 2.30. The van der Waals surface area contributed by atoms with Crippen molar-refractivity contribution in [3.8, 4) is 0 Å². The second kappa shape index (κ2) is 4.81. The molecule has 5 heteroatoms. The second-order valence-corrected chi connectivity index (χ2v) is 5.62. The third-order valence-electron chi connectivity index (χ3n) is 3.40. The van der Waals surface area contributed by atoms with Crippen LogP contribution in [0.5, 0.6) is 0 Å². The van der Waals surface area contributed by atoms with Gasteiger partial charge in [0.15, 0.2) is 0 Å². The first-order valence-corrected chi connectivity index (χ1v) is 6.99. The van der Waals surface area contributed by atoms with Crippen LogP contribution in [0.25, 0.3) is 11.0 Å². The number of hydrogen-bond donors (Lipinski definition) is 1. The van der Waals surface area contributed by atoms with Gasteiger partial charge in [-0.05, 0) is 44.9 Å². The van der Waals surface area contributed by atoms with Crippen molar-refractivity contribution in [1.29, 1.82) is 0 Å². The molecule has 1 saturated carbocycles. The second-order valence-electron chi connectivity index (χ2n) is 5.62. The summed E-state index contributed by atoms with van der Waals surface area (Å²) >= 11 is 0. The number of esters is 1. The highest BCUT2D eigenvalue weighted by atomic mass is 16.5. The summed E-state index contributed by atoms with van der Waals surface area (Å²) in [7, 11) is 0. The lowest BCUT2D eigenvalue weighted by molar-refractivity contribution is -0.148. The lowest BCUT2D eigenvalue weighted by Gasteiger charge is -2.11. The molecule has 3 rings (SSSR count). The molecule has 0 unspecified atom stereocenters. The number of nitrogens with zero attached hydrogens (tertiary/aromatic N) is 2. The average Bonchev–Trinajstić information content (AvgIpc) is 3.13. The molecule has 1 aromatic carbocycles. The van der Waals surface area contributed by atoms with Crippen LogP contribution in [-0.2, 0) is 16.1 Å². The van der Waals surface area contributed by atoms with Gasteiger partial charge in [0.05, 0.1) is 17.1 Å². The van der Waals surface area contributed by atoms with Crippen molar-refractivity contribution >= 4 is 22.7 Å². The number of rotatable bonds is 4. The molecule has 0 spiro atoms. The van der Waals surface area contributed by atoms with Crippen molar-refractivity contribution < 1.29 is 9.53 Å². The van der Waals surface area contributed by atoms with Gasteiger partial charge in [-0.3, -0.25) is 4.79 Å². The fraction of sp³-hybridized carbons (Fsp3) is 0.467. The van der Waals surface area contributed by atoms with Crippen LogP contribution in [0.4, 0.5) is 5.69 Å². The summed E-state index contributed by atoms with van der Waals surface area (Å²) < 4.78 is 7.21. The van der Waals surface area contributed by atoms with Crippen LogP contribution in [0.15, 0.2) is 18.2 Å². The Hall–Kier alpha value is -2.04. The van der Waals surface area contributed by atoms with E-state index in [9.17, 15) is 4.79 Å². The molecule has 2 aromatic rings. The summed E-state index contributed by atoms with van der Waals surface area (Å²) in [5, 5.41) is 0. The van der Waals surface area contributed by atoms with E-state index in [0.717, 1.165) is 29.7 Å². The molecule has 0 atom stereocenters. The molecule has 0 bridgehead atoms. The van der Waals surface area contributed by atoms with Gasteiger partial charge in [-0.1, -0.05) is 0 Å². The third kappa shape index (κ3) is 2.48. The maximum Gasteiger partial charge on any atom is 0.326 e. The van der Waals surface area contributed by atoms with Crippen LogP contribution >= 0.6 is 0 Å². The van der Waals surface area contributed by atoms with Crippen LogP contribution in [0, 0.1) is 0 Å². The molecule has 1 fully saturated rings. The highest BCUT2D eigenvalue weighted by Crippen LogP contribution is 2.40. The van der Waals surface area contributed by atoms with E-state index in [-0.39, 0.29) is 18.6 Å². The molecule has 20 heavy (non-hydrogen) atoms. The number of hydrogen-bond acceptors (Lipinski definition) is 4. The van der Waals surface area contributed by atoms with E-state index in [4.69, 9.17) is 10.5 Å². The molecule has 2 N–H and O–H groups in total. The van der Waals surface area contributed by atoms with E-state index in [1.807, 2.05) is 36.6 Å². The minimum absolute atomic E-state index is 0.0997. The van der Waals surface area contributed by atoms with Crippen molar-refractivity contribution in [2.45, 2.75) is 45.3 Å². The number of carbonyl (C=O) groups is 1. The predicted octanol–water partition coefficient (Wildman–Crippen LogP) is 2.45. The number of nitrogens with two attached hydrogens (primary N) is 1. The third-order valence-corrected chi connectivity index (χ3v) is 3.40. The Bertz CT molecular complexity index is 656. The van der Waals surface area contributed by atoms with E-state index in [2.05, 4.69) is 4.98 Å². The van der Waals surface area contributed by atoms with E-state index in [0.29, 0.717) is 11.6 Å². The van der Waals surface area contributed by atoms with Gasteiger partial charge >= 0.3 is 5.97 Å². The lowest BCUT2D eigenvalue weighted by atomic mass is 10.3. The Morgan fingerprint density at radius 1 is 1.50 bits per heavy atom. The van der Waals surface area contributed by atoms with Crippen molar-refractivity contribution in [3.63, 3.8) is 0 Å². The standard InChI is InChI=1S/C15H19N3O2/c1-9(2)20-14(19)8-18-13-6-5-11(16)7-12(13)17-15(18)10-3-4-10/h5-7,9-10H,3-4,8,16H2,1-2H3. The molecule has 1 aliphatic carbocycles. The Morgan fingerprint density at radius 3 is 2.90 bits per heavy atom. The molecule has 1 aromatic heterocycles. The Balaban J connectivity index is 1.98. The average molecular weight is 273 g/mol. The largest absolute Gasteiger partial charge is 0.462 e. The van der Waals surface area contributed by atoms with E-state index < -0.39 is 0 Å². The lowest BCUT2D eigenvalue weighted by Crippen LogP contribution is -2.18. The molecular formula is C15H19N3O2. The number of ether oxygens (including phenoxy) is 1. The van der Waals surface area contributed by atoms with Gasteiger partial charge in [0.2, 0.25) is 0 Å². The minimum atomic E-state index is -0.224. The number of benzene rings is 1. The van der Waals surface area contributed by atoms with E-state index >= 15 is 0 Å². The van der Waals surface area contributed by atoms with Crippen LogP contribution in [0.1, 0.15) is 38.4 Å². The quantitative estimate of drug-likeness (QED) is 0.686. The zero-order chi connectivity index (χ0) is 14.3. The van der Waals surface area contributed by atoms with Gasteiger partial charge in [0.25, 0.3) is 0 Å². The summed E-state index contributed by atoms with van der Waals surface area (Å²) in [6.07, 6.45) is 2.17. The number of anilines is 1. The number of fused-ring (bicyclic) bond motifs is 1. The number of aromatic nitrogens is 2. The van der Waals surface area contributed by atoms with Crippen LogP contribution in [0.3, 0.4) is 0 Å². The van der Waals surface area contributed by atoms with Crippen molar-refractivity contribution in [2.75, 3.05) is 5.73 Å². The first kappa shape index (κ1) is 13.0. The maximum absolute atomic E-state index is 11.9. The Kier molecular flexibility index (Phi) is 3.12. The van der Waals surface area contributed by atoms with Crippen molar-refractivity contribution in [2.24, 2.45) is 0 Å². The normalized spacial score (nSPS) is 14.9. The fourth-order valence-corrected chi connectivity index (χ4v) is 2.41. The van der Waals surface area contributed by atoms with Crippen LogP contribution in [0.2, 0.25) is 0 Å². The number of nitrogen functional groups attached to an aromatic ring is 1. The van der Waals surface area contributed by atoms with Crippen LogP contribution < -0.4 is 5.73 Å². The zero-order valence-corrected chi connectivity index (χ0v) is 11.8. The molecule has 0 saturated heterocycles. The zero-order valence-electron chi connectivity index (χ0n) is 11.8. The monoisotopic (exact) mass is 273 g/mol. The van der Waals surface area contributed by atoms with Gasteiger partial charge in [-0.25, -0.2) is 4.98 Å².